The number of amides is 6. The number of piperidine rings is 2. The zero-order valence-electron chi connectivity index (χ0n) is 33.5. The lowest BCUT2D eigenvalue weighted by atomic mass is 9.98. The van der Waals surface area contributed by atoms with E-state index >= 15 is 8.78 Å². The second-order valence-corrected chi connectivity index (χ2v) is 16.1. The monoisotopic (exact) mass is 827 g/mol. The number of imide groups is 2. The summed E-state index contributed by atoms with van der Waals surface area (Å²) in [6, 6.07) is 8.86. The van der Waals surface area contributed by atoms with Gasteiger partial charge in [0.2, 0.25) is 17.8 Å². The molecule has 1 unspecified atom stereocenters. The molecule has 1 aromatic heterocycles. The molecule has 60 heavy (non-hydrogen) atoms. The van der Waals surface area contributed by atoms with Gasteiger partial charge in [-0.25, -0.2) is 4.98 Å². The molecule has 0 spiro atoms. The summed E-state index contributed by atoms with van der Waals surface area (Å²) in [5, 5.41) is 8.46. The molecule has 16 nitrogen and oxygen atoms in total. The molecule has 8 rings (SSSR count). The fourth-order valence-electron chi connectivity index (χ4n) is 9.02. The van der Waals surface area contributed by atoms with Crippen LogP contribution in [0.5, 0.6) is 5.75 Å². The molecule has 5 heterocycles. The number of nitrogens with one attached hydrogen (secondary N) is 3. The minimum atomic E-state index is -3.59. The molecule has 1 saturated carbocycles. The van der Waals surface area contributed by atoms with Gasteiger partial charge in [-0.05, 0) is 81.3 Å². The number of carbonyl (C=O) groups is 6. The number of anilines is 4. The van der Waals surface area contributed by atoms with E-state index in [1.165, 1.54) is 25.3 Å². The van der Waals surface area contributed by atoms with E-state index in [9.17, 15) is 28.8 Å². The van der Waals surface area contributed by atoms with Crippen molar-refractivity contribution < 1.29 is 42.3 Å². The molecule has 1 atom stereocenters. The van der Waals surface area contributed by atoms with E-state index in [2.05, 4.69) is 30.8 Å². The molecule has 3 N–H and O–H groups in total. The smallest absolute Gasteiger partial charge is 0.342 e. The number of nitrogens with zero attached hydrogens (tertiary/aromatic N) is 6. The largest absolute Gasteiger partial charge is 0.495 e. The van der Waals surface area contributed by atoms with Crippen molar-refractivity contribution >= 4 is 58.6 Å². The Balaban J connectivity index is 0.849. The molecule has 3 aromatic rings. The highest BCUT2D eigenvalue weighted by atomic mass is 19.3. The van der Waals surface area contributed by atoms with Gasteiger partial charge in [0.05, 0.1) is 36.7 Å². The summed E-state index contributed by atoms with van der Waals surface area (Å²) in [7, 11) is 2.77. The van der Waals surface area contributed by atoms with Gasteiger partial charge in [0.15, 0.2) is 5.82 Å². The van der Waals surface area contributed by atoms with E-state index in [0.29, 0.717) is 29.0 Å². The highest BCUT2D eigenvalue weighted by Gasteiger charge is 2.49. The number of aromatic nitrogens is 2. The lowest BCUT2D eigenvalue weighted by Crippen LogP contribution is -2.54. The Morgan fingerprint density at radius 1 is 1.00 bits per heavy atom. The number of methoxy groups -OCH3 is 1. The zero-order valence-corrected chi connectivity index (χ0v) is 33.5. The lowest BCUT2D eigenvalue weighted by molar-refractivity contribution is -0.140. The molecule has 0 bridgehead atoms. The van der Waals surface area contributed by atoms with Crippen LogP contribution in [0.25, 0.3) is 0 Å². The standard InChI is InChI=1S/C42H47F2N9O7/c1-50-31-22-45-41(49-35(31)52(27-9-3-4-10-27)23-42(43,44)40(50)59)47-29-13-12-25(21-32(29)60-2)36(55)46-26-16-19-51(20-17-26)18-6-8-24-7-5-11-28-34(24)39(58)53(38(28)57)30-14-15-33(54)48-37(30)56/h5,7,11-13,21-22,26-27,30H,3-4,6,8-10,14-20,23H2,1-2H3,(H,46,55)(H,45,47,49)(H,48,54,56). The molecule has 316 valence electrons. The summed E-state index contributed by atoms with van der Waals surface area (Å²) in [5.41, 5.74) is 2.39. The minimum absolute atomic E-state index is 0.0509. The van der Waals surface area contributed by atoms with E-state index in [0.717, 1.165) is 79.9 Å². The first kappa shape index (κ1) is 40.7. The molecule has 4 aliphatic heterocycles. The van der Waals surface area contributed by atoms with E-state index in [1.807, 2.05) is 6.07 Å². The van der Waals surface area contributed by atoms with Gasteiger partial charge in [-0.15, -0.1) is 0 Å². The van der Waals surface area contributed by atoms with Gasteiger partial charge in [0.1, 0.15) is 17.5 Å². The Bertz CT molecular complexity index is 2240. The first-order valence-electron chi connectivity index (χ1n) is 20.4. The van der Waals surface area contributed by atoms with Gasteiger partial charge in [0.25, 0.3) is 23.6 Å². The number of alkyl halides is 2. The van der Waals surface area contributed by atoms with E-state index in [1.54, 1.807) is 30.3 Å². The number of halogens is 2. The Hall–Kier alpha value is -6.04. The predicted molar refractivity (Wildman–Crippen MR) is 215 cm³/mol. The Morgan fingerprint density at radius 2 is 1.77 bits per heavy atom. The first-order chi connectivity index (χ1) is 28.8. The van der Waals surface area contributed by atoms with Crippen molar-refractivity contribution in [1.82, 2.24) is 30.4 Å². The van der Waals surface area contributed by atoms with Crippen LogP contribution in [0.2, 0.25) is 0 Å². The number of likely N-dealkylation sites (tertiary alicyclic amines) is 1. The fraction of sp³-hybridized carbons (Fsp3) is 0.476. The van der Waals surface area contributed by atoms with E-state index in [-0.39, 0.29) is 53.8 Å². The topological polar surface area (TPSA) is 186 Å². The molecule has 2 aromatic carbocycles. The van der Waals surface area contributed by atoms with Crippen LogP contribution in [0.15, 0.2) is 42.6 Å². The van der Waals surface area contributed by atoms with Crippen molar-refractivity contribution in [3.63, 3.8) is 0 Å². The van der Waals surface area contributed by atoms with Crippen molar-refractivity contribution in [3.8, 4) is 5.75 Å². The number of benzene rings is 2. The average Bonchev–Trinajstić information content (AvgIpc) is 3.85. The van der Waals surface area contributed by atoms with Crippen LogP contribution in [-0.4, -0.2) is 120 Å². The highest BCUT2D eigenvalue weighted by molar-refractivity contribution is 6.24. The second-order valence-electron chi connectivity index (χ2n) is 16.1. The van der Waals surface area contributed by atoms with Gasteiger partial charge in [-0.3, -0.25) is 39.0 Å². The quantitative estimate of drug-likeness (QED) is 0.238. The number of hydrogen-bond acceptors (Lipinski definition) is 12. The summed E-state index contributed by atoms with van der Waals surface area (Å²) >= 11 is 0. The number of fused-ring (bicyclic) bond motifs is 2. The van der Waals surface area contributed by atoms with Crippen LogP contribution in [0.4, 0.5) is 31.9 Å². The zero-order chi connectivity index (χ0) is 42.3. The maximum Gasteiger partial charge on any atom is 0.342 e. The van der Waals surface area contributed by atoms with Crippen LogP contribution in [0.1, 0.15) is 94.4 Å². The lowest BCUT2D eigenvalue weighted by Gasteiger charge is -2.32. The van der Waals surface area contributed by atoms with Crippen LogP contribution in [-0.2, 0) is 20.8 Å². The Labute approximate surface area is 345 Å². The maximum absolute atomic E-state index is 15.0. The number of rotatable bonds is 11. The van der Waals surface area contributed by atoms with Gasteiger partial charge < -0.3 is 30.1 Å². The third kappa shape index (κ3) is 7.87. The summed E-state index contributed by atoms with van der Waals surface area (Å²) < 4.78 is 35.7. The van der Waals surface area contributed by atoms with Gasteiger partial charge >= 0.3 is 5.92 Å². The molecular weight excluding hydrogens is 781 g/mol. The SMILES string of the molecule is COc1cc(C(=O)NC2CCN(CCCc3cccc4c3C(=O)N(C3CCC(=O)NC3=O)C4=O)CC2)ccc1Nc1ncc2c(n1)N(C1CCCC1)CC(F)(F)C(=O)N2C. The first-order valence-corrected chi connectivity index (χ1v) is 20.4. The Kier molecular flexibility index (Phi) is 11.2. The molecule has 5 aliphatic rings. The summed E-state index contributed by atoms with van der Waals surface area (Å²) in [5.74, 6) is -6.51. The molecular formula is C42H47F2N9O7. The molecule has 2 saturated heterocycles. The number of carbonyl (C=O) groups excluding carboxylic acids is 6. The third-order valence-electron chi connectivity index (χ3n) is 12.2. The van der Waals surface area contributed by atoms with Crippen molar-refractivity contribution in [2.75, 3.05) is 55.5 Å². The van der Waals surface area contributed by atoms with Crippen LogP contribution < -0.4 is 30.5 Å². The van der Waals surface area contributed by atoms with E-state index < -0.39 is 48.0 Å². The van der Waals surface area contributed by atoms with Crippen molar-refractivity contribution in [2.24, 2.45) is 0 Å². The molecule has 6 amide bonds. The fourth-order valence-corrected chi connectivity index (χ4v) is 9.02. The van der Waals surface area contributed by atoms with Crippen LogP contribution in [0.3, 0.4) is 0 Å². The van der Waals surface area contributed by atoms with Gasteiger partial charge in [-0.2, -0.15) is 13.8 Å². The average molecular weight is 828 g/mol. The number of aryl methyl sites for hydroxylation is 1. The molecule has 1 aliphatic carbocycles. The van der Waals surface area contributed by atoms with Crippen LogP contribution >= 0.6 is 0 Å². The third-order valence-corrected chi connectivity index (χ3v) is 12.2. The predicted octanol–water partition coefficient (Wildman–Crippen LogP) is 3.82. The normalized spacial score (nSPS) is 21.2. The second kappa shape index (κ2) is 16.5. The van der Waals surface area contributed by atoms with Gasteiger partial charge in [-0.1, -0.05) is 25.0 Å². The summed E-state index contributed by atoms with van der Waals surface area (Å²) in [6.45, 7) is 1.49. The van der Waals surface area contributed by atoms with E-state index in [4.69, 9.17) is 4.74 Å². The van der Waals surface area contributed by atoms with Crippen molar-refractivity contribution in [2.45, 2.75) is 88.3 Å². The minimum Gasteiger partial charge on any atom is -0.495 e. The number of hydrogen-bond donors (Lipinski definition) is 3. The molecule has 3 fully saturated rings. The summed E-state index contributed by atoms with van der Waals surface area (Å²) in [4.78, 5) is 91.6. The van der Waals surface area contributed by atoms with Crippen molar-refractivity contribution in [1.29, 1.82) is 0 Å². The number of ether oxygens (including phenoxy) is 1. The molecule has 0 radical (unpaired) electrons. The maximum atomic E-state index is 15.0. The highest BCUT2D eigenvalue weighted by Crippen LogP contribution is 2.40. The molecule has 18 heteroatoms. The van der Waals surface area contributed by atoms with Crippen molar-refractivity contribution in [3.05, 3.63) is 64.8 Å². The van der Waals surface area contributed by atoms with Gasteiger partial charge in [0, 0.05) is 44.2 Å². The van der Waals surface area contributed by atoms with Crippen LogP contribution in [0, 0.1) is 0 Å². The Morgan fingerprint density at radius 3 is 2.50 bits per heavy atom. The summed E-state index contributed by atoms with van der Waals surface area (Å²) in [6.07, 6.45) is 7.54.